The maximum atomic E-state index is 10.9. The van der Waals surface area contributed by atoms with E-state index < -0.39 is 6.04 Å². The second-order valence-corrected chi connectivity index (χ2v) is 2.76. The number of methoxy groups -OCH3 is 1. The number of hydrogen-bond acceptors (Lipinski definition) is 4. The van der Waals surface area contributed by atoms with Crippen molar-refractivity contribution in [3.63, 3.8) is 0 Å². The van der Waals surface area contributed by atoms with E-state index in [-0.39, 0.29) is 11.9 Å². The summed E-state index contributed by atoms with van der Waals surface area (Å²) >= 11 is 0. The third kappa shape index (κ3) is 6.10. The lowest BCUT2D eigenvalue weighted by Crippen LogP contribution is -2.38. The summed E-state index contributed by atoms with van der Waals surface area (Å²) < 4.78 is 4.43. The summed E-state index contributed by atoms with van der Waals surface area (Å²) in [4.78, 5) is 21.5. The molecule has 0 fully saturated rings. The van der Waals surface area contributed by atoms with Crippen molar-refractivity contribution in [3.8, 4) is 0 Å². The third-order valence-electron chi connectivity index (χ3n) is 1.50. The van der Waals surface area contributed by atoms with Crippen LogP contribution >= 0.6 is 0 Å². The average Bonchev–Trinajstić information content (AvgIpc) is 2.11. The first-order chi connectivity index (χ1) is 6.07. The number of carbonyl (C=O) groups is 2. The quantitative estimate of drug-likeness (QED) is 0.446. The minimum absolute atomic E-state index is 0.204. The van der Waals surface area contributed by atoms with Gasteiger partial charge in [0.25, 0.3) is 0 Å². The largest absolute Gasteiger partial charge is 0.469 e. The second kappa shape index (κ2) is 6.42. The highest BCUT2D eigenvalue weighted by Gasteiger charge is 2.06. The minimum Gasteiger partial charge on any atom is -0.469 e. The lowest BCUT2D eigenvalue weighted by molar-refractivity contribution is -0.140. The van der Waals surface area contributed by atoms with Crippen molar-refractivity contribution in [3.05, 3.63) is 0 Å². The Kier molecular flexibility index (Phi) is 5.88. The molecule has 1 amide bonds. The van der Waals surface area contributed by atoms with E-state index in [2.05, 4.69) is 10.1 Å². The van der Waals surface area contributed by atoms with E-state index in [1.54, 1.807) is 6.92 Å². The molecule has 0 aromatic carbocycles. The molecule has 5 nitrogen and oxygen atoms in total. The Morgan fingerprint density at radius 2 is 2.15 bits per heavy atom. The topological polar surface area (TPSA) is 81.4 Å². The monoisotopic (exact) mass is 188 g/mol. The van der Waals surface area contributed by atoms with E-state index >= 15 is 0 Å². The number of carbonyl (C=O) groups excluding carboxylic acids is 2. The van der Waals surface area contributed by atoms with Gasteiger partial charge in [-0.25, -0.2) is 0 Å². The van der Waals surface area contributed by atoms with Gasteiger partial charge in [-0.2, -0.15) is 0 Å². The van der Waals surface area contributed by atoms with Crippen LogP contribution in [0.1, 0.15) is 19.8 Å². The van der Waals surface area contributed by atoms with Crippen LogP contribution in [0, 0.1) is 0 Å². The van der Waals surface area contributed by atoms with Gasteiger partial charge < -0.3 is 15.8 Å². The van der Waals surface area contributed by atoms with E-state index in [0.717, 1.165) is 0 Å². The Morgan fingerprint density at radius 1 is 1.54 bits per heavy atom. The highest BCUT2D eigenvalue weighted by Crippen LogP contribution is 1.89. The van der Waals surface area contributed by atoms with Crippen molar-refractivity contribution >= 4 is 11.9 Å². The van der Waals surface area contributed by atoms with Crippen LogP contribution in [-0.4, -0.2) is 31.6 Å². The fourth-order valence-corrected chi connectivity index (χ4v) is 0.707. The lowest BCUT2D eigenvalue weighted by Gasteiger charge is -2.06. The summed E-state index contributed by atoms with van der Waals surface area (Å²) in [5, 5.41) is 2.59. The predicted octanol–water partition coefficient (Wildman–Crippen LogP) is -0.597. The van der Waals surface area contributed by atoms with Gasteiger partial charge in [0.1, 0.15) is 0 Å². The highest BCUT2D eigenvalue weighted by molar-refractivity contribution is 5.80. The van der Waals surface area contributed by atoms with E-state index in [4.69, 9.17) is 5.73 Å². The van der Waals surface area contributed by atoms with E-state index in [1.165, 1.54) is 7.11 Å². The standard InChI is InChI=1S/C8H16N2O3/c1-6(9)8(12)10-5-3-4-7(11)13-2/h6H,3-5,9H2,1-2H3,(H,10,12). The molecule has 5 heteroatoms. The number of nitrogens with one attached hydrogen (secondary N) is 1. The second-order valence-electron chi connectivity index (χ2n) is 2.76. The van der Waals surface area contributed by atoms with Crippen molar-refractivity contribution in [1.29, 1.82) is 0 Å². The molecule has 0 bridgehead atoms. The Morgan fingerprint density at radius 3 is 2.62 bits per heavy atom. The normalized spacial score (nSPS) is 11.9. The van der Waals surface area contributed by atoms with Gasteiger partial charge in [-0.3, -0.25) is 9.59 Å². The van der Waals surface area contributed by atoms with Gasteiger partial charge in [0.15, 0.2) is 0 Å². The van der Waals surface area contributed by atoms with Gasteiger partial charge in [0.05, 0.1) is 13.2 Å². The van der Waals surface area contributed by atoms with Crippen molar-refractivity contribution in [1.82, 2.24) is 5.32 Å². The molecule has 1 atom stereocenters. The van der Waals surface area contributed by atoms with Gasteiger partial charge in [-0.05, 0) is 13.3 Å². The number of esters is 1. The molecule has 0 aliphatic carbocycles. The van der Waals surface area contributed by atoms with Crippen molar-refractivity contribution < 1.29 is 14.3 Å². The molecule has 13 heavy (non-hydrogen) atoms. The number of hydrogen-bond donors (Lipinski definition) is 2. The first-order valence-electron chi connectivity index (χ1n) is 4.18. The van der Waals surface area contributed by atoms with Crippen molar-refractivity contribution in [2.75, 3.05) is 13.7 Å². The minimum atomic E-state index is -0.502. The Labute approximate surface area is 77.6 Å². The third-order valence-corrected chi connectivity index (χ3v) is 1.50. The summed E-state index contributed by atoms with van der Waals surface area (Å²) in [6.07, 6.45) is 0.890. The molecule has 0 radical (unpaired) electrons. The molecular weight excluding hydrogens is 172 g/mol. The van der Waals surface area contributed by atoms with Gasteiger partial charge in [-0.1, -0.05) is 0 Å². The van der Waals surface area contributed by atoms with Gasteiger partial charge in [0.2, 0.25) is 5.91 Å². The fraction of sp³-hybridized carbons (Fsp3) is 0.750. The molecule has 1 unspecified atom stereocenters. The van der Waals surface area contributed by atoms with Crippen molar-refractivity contribution in [2.45, 2.75) is 25.8 Å². The number of nitrogens with two attached hydrogens (primary N) is 1. The molecule has 76 valence electrons. The van der Waals surface area contributed by atoms with E-state index in [9.17, 15) is 9.59 Å². The highest BCUT2D eigenvalue weighted by atomic mass is 16.5. The summed E-state index contributed by atoms with van der Waals surface area (Å²) in [6, 6.07) is -0.502. The molecule has 0 aromatic rings. The zero-order chi connectivity index (χ0) is 10.3. The molecule has 0 saturated heterocycles. The van der Waals surface area contributed by atoms with Crippen molar-refractivity contribution in [2.24, 2.45) is 5.73 Å². The van der Waals surface area contributed by atoms with E-state index in [1.807, 2.05) is 0 Å². The molecule has 0 heterocycles. The predicted molar refractivity (Wildman–Crippen MR) is 47.9 cm³/mol. The maximum Gasteiger partial charge on any atom is 0.305 e. The first-order valence-corrected chi connectivity index (χ1v) is 4.18. The maximum absolute atomic E-state index is 10.9. The van der Waals surface area contributed by atoms with Gasteiger partial charge >= 0.3 is 5.97 Å². The SMILES string of the molecule is COC(=O)CCCNC(=O)C(C)N. The van der Waals surface area contributed by atoms with Crippen LogP contribution in [0.2, 0.25) is 0 Å². The number of amides is 1. The molecule has 0 spiro atoms. The Hall–Kier alpha value is -1.10. The smallest absolute Gasteiger partial charge is 0.305 e. The van der Waals surface area contributed by atoms with Gasteiger partial charge in [-0.15, -0.1) is 0 Å². The summed E-state index contributed by atoms with van der Waals surface area (Å²) in [5.74, 6) is -0.472. The average molecular weight is 188 g/mol. The van der Waals surface area contributed by atoms with Gasteiger partial charge in [0, 0.05) is 13.0 Å². The molecule has 0 rings (SSSR count). The zero-order valence-electron chi connectivity index (χ0n) is 8.00. The van der Waals surface area contributed by atoms with Crippen LogP contribution < -0.4 is 11.1 Å². The lowest BCUT2D eigenvalue weighted by atomic mass is 10.3. The molecule has 0 saturated carbocycles. The summed E-state index contributed by atoms with van der Waals surface area (Å²) in [5.41, 5.74) is 5.30. The van der Waals surface area contributed by atoms with Crippen LogP contribution in [0.5, 0.6) is 0 Å². The van der Waals surface area contributed by atoms with Crippen LogP contribution in [-0.2, 0) is 14.3 Å². The number of ether oxygens (including phenoxy) is 1. The van der Waals surface area contributed by atoms with Crippen LogP contribution in [0.3, 0.4) is 0 Å². The Balaban J connectivity index is 3.36. The molecule has 0 aliphatic heterocycles. The molecule has 3 N–H and O–H groups in total. The van der Waals surface area contributed by atoms with Crippen LogP contribution in [0.25, 0.3) is 0 Å². The molecule has 0 aliphatic rings. The fourth-order valence-electron chi connectivity index (χ4n) is 0.707. The zero-order valence-corrected chi connectivity index (χ0v) is 8.00. The van der Waals surface area contributed by atoms with Crippen LogP contribution in [0.15, 0.2) is 0 Å². The van der Waals surface area contributed by atoms with Crippen LogP contribution in [0.4, 0.5) is 0 Å². The number of rotatable bonds is 5. The summed E-state index contributed by atoms with van der Waals surface area (Å²) in [7, 11) is 1.34. The Bertz CT molecular complexity index is 180. The van der Waals surface area contributed by atoms with E-state index in [0.29, 0.717) is 19.4 Å². The first kappa shape index (κ1) is 11.9. The molecular formula is C8H16N2O3. The molecule has 0 aromatic heterocycles. The summed E-state index contributed by atoms with van der Waals surface area (Å²) in [6.45, 7) is 2.06.